The van der Waals surface area contributed by atoms with E-state index < -0.39 is 0 Å². The maximum Gasteiger partial charge on any atom is 0.248 e. The third kappa shape index (κ3) is 3.66. The van der Waals surface area contributed by atoms with Crippen molar-refractivity contribution in [2.24, 2.45) is 0 Å². The fourth-order valence-electron chi connectivity index (χ4n) is 3.13. The Balaban J connectivity index is 1.42. The summed E-state index contributed by atoms with van der Waals surface area (Å²) in [5, 5.41) is 19.5. The van der Waals surface area contributed by atoms with Gasteiger partial charge in [-0.3, -0.25) is 4.90 Å². The minimum atomic E-state index is 0.273. The molecule has 0 radical (unpaired) electrons. The molecule has 1 atom stereocenters. The average molecular weight is 340 g/mol. The fraction of sp³-hybridized carbons (Fsp3) is 0.438. The van der Waals surface area contributed by atoms with E-state index >= 15 is 0 Å². The topological polar surface area (TPSA) is 97.8 Å². The summed E-state index contributed by atoms with van der Waals surface area (Å²) in [7, 11) is 0. The molecule has 1 aliphatic heterocycles. The van der Waals surface area contributed by atoms with Crippen LogP contribution in [0.1, 0.15) is 24.6 Å². The molecule has 1 unspecified atom stereocenters. The molecule has 25 heavy (non-hydrogen) atoms. The van der Waals surface area contributed by atoms with Crippen LogP contribution in [0.3, 0.4) is 0 Å². The molecule has 0 aliphatic carbocycles. The van der Waals surface area contributed by atoms with Crippen molar-refractivity contribution in [3.05, 3.63) is 42.0 Å². The summed E-state index contributed by atoms with van der Waals surface area (Å²) in [6.07, 6.45) is 2.17. The van der Waals surface area contributed by atoms with Crippen molar-refractivity contribution in [2.45, 2.75) is 32.4 Å². The average Bonchev–Trinajstić information content (AvgIpc) is 3.25. The molecule has 0 amide bonds. The number of likely N-dealkylation sites (tertiary alicyclic amines) is 1. The largest absolute Gasteiger partial charge is 0.349 e. The van der Waals surface area contributed by atoms with E-state index in [0.29, 0.717) is 18.4 Å². The third-order valence-electron chi connectivity index (χ3n) is 4.24. The number of hydrogen-bond donors (Lipinski definition) is 1. The number of aromatic nitrogens is 6. The van der Waals surface area contributed by atoms with Gasteiger partial charge in [0.25, 0.3) is 0 Å². The molecule has 3 aromatic rings. The molecule has 1 N–H and O–H groups in total. The van der Waals surface area contributed by atoms with Gasteiger partial charge in [0.05, 0.1) is 12.2 Å². The van der Waals surface area contributed by atoms with Gasteiger partial charge in [-0.25, -0.2) is 0 Å². The number of hydrogen-bond acceptors (Lipinski definition) is 8. The summed E-state index contributed by atoms with van der Waals surface area (Å²) in [5.74, 6) is 1.99. The van der Waals surface area contributed by atoms with Crippen molar-refractivity contribution in [3.63, 3.8) is 0 Å². The minimum absolute atomic E-state index is 0.273. The van der Waals surface area contributed by atoms with Gasteiger partial charge in [0.15, 0.2) is 5.82 Å². The number of nitrogens with one attached hydrogen (secondary N) is 1. The summed E-state index contributed by atoms with van der Waals surface area (Å²) in [4.78, 5) is 6.60. The number of para-hydroxylation sites is 1. The van der Waals surface area contributed by atoms with Gasteiger partial charge in [0.2, 0.25) is 11.8 Å². The van der Waals surface area contributed by atoms with Crippen LogP contribution in [0.15, 0.2) is 34.9 Å². The van der Waals surface area contributed by atoms with Gasteiger partial charge in [-0.2, -0.15) is 9.67 Å². The standard InChI is InChI=1S/C16H20N8O/c1-12-17-15(20-25-12)11-23-9-5-6-13(10-23)18-16-19-21-22-24(16)14-7-3-2-4-8-14/h2-4,7-8,13H,5-6,9-11H2,1H3,(H,18,19,22). The molecule has 2 aromatic heterocycles. The highest BCUT2D eigenvalue weighted by molar-refractivity contribution is 5.39. The number of benzene rings is 1. The summed E-state index contributed by atoms with van der Waals surface area (Å²) >= 11 is 0. The molecule has 3 heterocycles. The predicted octanol–water partition coefficient (Wildman–Crippen LogP) is 1.43. The van der Waals surface area contributed by atoms with Gasteiger partial charge in [-0.05, 0) is 41.9 Å². The Morgan fingerprint density at radius 2 is 2.16 bits per heavy atom. The maximum atomic E-state index is 5.05. The molecule has 0 saturated carbocycles. The molecule has 4 rings (SSSR count). The van der Waals surface area contributed by atoms with Crippen LogP contribution >= 0.6 is 0 Å². The summed E-state index contributed by atoms with van der Waals surface area (Å²) in [6, 6.07) is 10.1. The van der Waals surface area contributed by atoms with E-state index in [-0.39, 0.29) is 6.04 Å². The van der Waals surface area contributed by atoms with E-state index in [2.05, 4.69) is 35.9 Å². The SMILES string of the molecule is Cc1nc(CN2CCCC(Nc3nnnn3-c3ccccc3)C2)no1. The Bertz CT molecular complexity index is 814. The zero-order valence-corrected chi connectivity index (χ0v) is 14.0. The fourth-order valence-corrected chi connectivity index (χ4v) is 3.13. The summed E-state index contributed by atoms with van der Waals surface area (Å²) in [6.45, 7) is 4.41. The first kappa shape index (κ1) is 15.7. The van der Waals surface area contributed by atoms with E-state index in [0.717, 1.165) is 37.4 Å². The maximum absolute atomic E-state index is 5.05. The van der Waals surface area contributed by atoms with Crippen LogP contribution in [0.5, 0.6) is 0 Å². The Hall–Kier alpha value is -2.81. The monoisotopic (exact) mass is 340 g/mol. The second kappa shape index (κ2) is 6.98. The van der Waals surface area contributed by atoms with Crippen LogP contribution in [0.2, 0.25) is 0 Å². The minimum Gasteiger partial charge on any atom is -0.349 e. The number of rotatable bonds is 5. The highest BCUT2D eigenvalue weighted by atomic mass is 16.5. The number of nitrogens with zero attached hydrogens (tertiary/aromatic N) is 7. The third-order valence-corrected chi connectivity index (χ3v) is 4.24. The lowest BCUT2D eigenvalue weighted by Gasteiger charge is -2.32. The van der Waals surface area contributed by atoms with Crippen LogP contribution in [0.4, 0.5) is 5.95 Å². The first-order valence-corrected chi connectivity index (χ1v) is 8.40. The lowest BCUT2D eigenvalue weighted by molar-refractivity contribution is 0.201. The Morgan fingerprint density at radius 1 is 1.28 bits per heavy atom. The molecule has 1 aromatic carbocycles. The Kier molecular flexibility index (Phi) is 4.38. The van der Waals surface area contributed by atoms with Crippen molar-refractivity contribution >= 4 is 5.95 Å². The van der Waals surface area contributed by atoms with Crippen LogP contribution in [-0.4, -0.2) is 54.4 Å². The smallest absolute Gasteiger partial charge is 0.248 e. The second-order valence-electron chi connectivity index (χ2n) is 6.20. The second-order valence-corrected chi connectivity index (χ2v) is 6.20. The molecular formula is C16H20N8O. The van der Waals surface area contributed by atoms with Gasteiger partial charge in [0.1, 0.15) is 0 Å². The Labute approximate surface area is 145 Å². The van der Waals surface area contributed by atoms with Crippen molar-refractivity contribution in [1.82, 2.24) is 35.2 Å². The molecule has 9 nitrogen and oxygen atoms in total. The number of piperidine rings is 1. The van der Waals surface area contributed by atoms with E-state index in [1.54, 1.807) is 11.6 Å². The van der Waals surface area contributed by atoms with Gasteiger partial charge in [0, 0.05) is 19.5 Å². The first-order valence-electron chi connectivity index (χ1n) is 8.40. The number of anilines is 1. The molecule has 130 valence electrons. The predicted molar refractivity (Wildman–Crippen MR) is 90.1 cm³/mol. The quantitative estimate of drug-likeness (QED) is 0.745. The van der Waals surface area contributed by atoms with E-state index in [9.17, 15) is 0 Å². The van der Waals surface area contributed by atoms with E-state index in [1.165, 1.54) is 0 Å². The Morgan fingerprint density at radius 3 is 2.96 bits per heavy atom. The molecule has 1 saturated heterocycles. The molecule has 9 heteroatoms. The van der Waals surface area contributed by atoms with Crippen molar-refractivity contribution < 1.29 is 4.52 Å². The van der Waals surface area contributed by atoms with E-state index in [4.69, 9.17) is 4.52 Å². The van der Waals surface area contributed by atoms with Crippen molar-refractivity contribution in [1.29, 1.82) is 0 Å². The zero-order chi connectivity index (χ0) is 17.1. The van der Waals surface area contributed by atoms with Gasteiger partial charge >= 0.3 is 0 Å². The number of aryl methyl sites for hydroxylation is 1. The highest BCUT2D eigenvalue weighted by Gasteiger charge is 2.23. The summed E-state index contributed by atoms with van der Waals surface area (Å²) < 4.78 is 6.77. The molecule has 1 aliphatic rings. The van der Waals surface area contributed by atoms with Gasteiger partial charge < -0.3 is 9.84 Å². The molecule has 1 fully saturated rings. The van der Waals surface area contributed by atoms with Crippen molar-refractivity contribution in [3.8, 4) is 5.69 Å². The van der Waals surface area contributed by atoms with E-state index in [1.807, 2.05) is 30.3 Å². The van der Waals surface area contributed by atoms with Crippen molar-refractivity contribution in [2.75, 3.05) is 18.4 Å². The zero-order valence-electron chi connectivity index (χ0n) is 14.0. The van der Waals surface area contributed by atoms with Crippen LogP contribution in [0, 0.1) is 6.92 Å². The lowest BCUT2D eigenvalue weighted by atomic mass is 10.1. The van der Waals surface area contributed by atoms with Crippen LogP contribution < -0.4 is 5.32 Å². The first-order chi connectivity index (χ1) is 12.3. The molecule has 0 bridgehead atoms. The number of tetrazole rings is 1. The molecule has 0 spiro atoms. The van der Waals surface area contributed by atoms with Gasteiger partial charge in [-0.1, -0.05) is 28.5 Å². The molecular weight excluding hydrogens is 320 g/mol. The van der Waals surface area contributed by atoms with Crippen LogP contribution in [0.25, 0.3) is 5.69 Å². The normalized spacial score (nSPS) is 18.4. The summed E-state index contributed by atoms with van der Waals surface area (Å²) in [5.41, 5.74) is 0.935. The lowest BCUT2D eigenvalue weighted by Crippen LogP contribution is -2.42. The van der Waals surface area contributed by atoms with Gasteiger partial charge in [-0.15, -0.1) is 0 Å². The van der Waals surface area contributed by atoms with Crippen LogP contribution in [-0.2, 0) is 6.54 Å². The highest BCUT2D eigenvalue weighted by Crippen LogP contribution is 2.17.